The standard InChI is InChI=1S/C42H45N11O6/c1-48-23-29(24-48)59-36-19-33-26(17-34(36)45-39(55)32-20-44-51-12-2-11-43-38(32)51)22-52(47-33)27-9-13-49(14-10-27)21-25-7-15-50(16-8-25)28-3-4-30-31(18-28)42(58)53(41(30)57)35-5-6-37(54)46-40(35)56/h2-4,11-12,17-20,22,25,27,29,35H,5-10,13-16,21,23-24H2,1H3,(H,45,55)(H,46,54,56). The van der Waals surface area contributed by atoms with E-state index in [-0.39, 0.29) is 30.9 Å². The van der Waals surface area contributed by atoms with Gasteiger partial charge in [0.05, 0.1) is 34.6 Å². The number of nitrogens with zero attached hydrogens (tertiary/aromatic N) is 9. The van der Waals surface area contributed by atoms with Gasteiger partial charge in [-0.3, -0.25) is 43.8 Å². The lowest BCUT2D eigenvalue weighted by molar-refractivity contribution is -0.136. The summed E-state index contributed by atoms with van der Waals surface area (Å²) in [5.41, 5.74) is 3.78. The van der Waals surface area contributed by atoms with Gasteiger partial charge in [0, 0.05) is 88.0 Å². The maximum Gasteiger partial charge on any atom is 0.262 e. The van der Waals surface area contributed by atoms with Gasteiger partial charge in [-0.05, 0) is 75.4 Å². The molecule has 1 unspecified atom stereocenters. The third-order valence-corrected chi connectivity index (χ3v) is 12.6. The molecule has 0 aliphatic carbocycles. The van der Waals surface area contributed by atoms with Gasteiger partial charge in [0.2, 0.25) is 11.8 Å². The lowest BCUT2D eigenvalue weighted by Crippen LogP contribution is -2.54. The number of nitrogens with one attached hydrogen (secondary N) is 2. The van der Waals surface area contributed by atoms with E-state index in [0.717, 1.165) is 93.0 Å². The van der Waals surface area contributed by atoms with Gasteiger partial charge in [0.25, 0.3) is 17.7 Å². The second kappa shape index (κ2) is 14.9. The number of benzene rings is 2. The van der Waals surface area contributed by atoms with Gasteiger partial charge in [-0.25, -0.2) is 9.50 Å². The Bertz CT molecular complexity index is 2510. The Labute approximate surface area is 339 Å². The van der Waals surface area contributed by atoms with Crippen molar-refractivity contribution >= 4 is 57.5 Å². The van der Waals surface area contributed by atoms with Gasteiger partial charge in [-0.1, -0.05) is 0 Å². The van der Waals surface area contributed by atoms with Crippen LogP contribution >= 0.6 is 0 Å². The number of carbonyl (C=O) groups excluding carboxylic acids is 5. The zero-order valence-corrected chi connectivity index (χ0v) is 32.7. The van der Waals surface area contributed by atoms with Crippen molar-refractivity contribution in [1.29, 1.82) is 0 Å². The first-order valence-electron chi connectivity index (χ1n) is 20.5. The van der Waals surface area contributed by atoms with Crippen LogP contribution in [0.3, 0.4) is 0 Å². The third-order valence-electron chi connectivity index (χ3n) is 12.6. The topological polar surface area (TPSA) is 180 Å². The minimum absolute atomic E-state index is 0.0296. The molecule has 1 atom stereocenters. The second-order valence-electron chi connectivity index (χ2n) is 16.5. The number of imide groups is 2. The molecule has 17 nitrogen and oxygen atoms in total. The predicted octanol–water partition coefficient (Wildman–Crippen LogP) is 2.98. The van der Waals surface area contributed by atoms with Crippen LogP contribution in [-0.4, -0.2) is 134 Å². The van der Waals surface area contributed by atoms with E-state index in [9.17, 15) is 24.0 Å². The fourth-order valence-electron chi connectivity index (χ4n) is 9.29. The molecule has 0 bridgehead atoms. The highest BCUT2D eigenvalue weighted by Gasteiger charge is 2.45. The summed E-state index contributed by atoms with van der Waals surface area (Å²) in [6.45, 7) is 6.30. The molecule has 0 radical (unpaired) electrons. The summed E-state index contributed by atoms with van der Waals surface area (Å²) in [4.78, 5) is 76.5. The highest BCUT2D eigenvalue weighted by atomic mass is 16.5. The number of hydrogen-bond donors (Lipinski definition) is 2. The van der Waals surface area contributed by atoms with E-state index in [0.29, 0.717) is 39.7 Å². The molecule has 10 rings (SSSR count). The molecular formula is C42H45N11O6. The Balaban J connectivity index is 0.753. The molecular weight excluding hydrogens is 755 g/mol. The smallest absolute Gasteiger partial charge is 0.262 e. The monoisotopic (exact) mass is 799 g/mol. The van der Waals surface area contributed by atoms with E-state index in [1.807, 2.05) is 18.2 Å². The molecule has 3 aromatic heterocycles. The van der Waals surface area contributed by atoms with Gasteiger partial charge in [-0.2, -0.15) is 10.2 Å². The van der Waals surface area contributed by atoms with E-state index in [1.165, 1.54) is 6.20 Å². The van der Waals surface area contributed by atoms with Gasteiger partial charge >= 0.3 is 0 Å². The summed E-state index contributed by atoms with van der Waals surface area (Å²) in [5, 5.41) is 15.5. The van der Waals surface area contributed by atoms with E-state index in [4.69, 9.17) is 9.84 Å². The number of rotatable bonds is 9. The summed E-state index contributed by atoms with van der Waals surface area (Å²) < 4.78 is 10.1. The normalized spacial score (nSPS) is 21.3. The molecule has 5 amide bonds. The number of anilines is 2. The summed E-state index contributed by atoms with van der Waals surface area (Å²) in [6.07, 6.45) is 11.3. The Morgan fingerprint density at radius 2 is 1.75 bits per heavy atom. The number of carbonyl (C=O) groups is 5. The third kappa shape index (κ3) is 6.97. The molecule has 5 aliphatic heterocycles. The molecule has 5 aromatic rings. The van der Waals surface area contributed by atoms with Crippen molar-refractivity contribution in [3.63, 3.8) is 0 Å². The Morgan fingerprint density at radius 3 is 2.53 bits per heavy atom. The molecule has 304 valence electrons. The van der Waals surface area contributed by atoms with Crippen LogP contribution in [0.15, 0.2) is 61.2 Å². The second-order valence-corrected chi connectivity index (χ2v) is 16.5. The number of likely N-dealkylation sites (tertiary alicyclic amines) is 2. The van der Waals surface area contributed by atoms with Gasteiger partial charge in [0.1, 0.15) is 23.5 Å². The minimum atomic E-state index is -0.973. The van der Waals surface area contributed by atoms with E-state index in [2.05, 4.69) is 53.3 Å². The predicted molar refractivity (Wildman–Crippen MR) is 215 cm³/mol. The summed E-state index contributed by atoms with van der Waals surface area (Å²) >= 11 is 0. The van der Waals surface area contributed by atoms with Crippen molar-refractivity contribution in [2.45, 2.75) is 56.7 Å². The van der Waals surface area contributed by atoms with Crippen LogP contribution < -0.4 is 20.3 Å². The number of amides is 5. The molecule has 2 N–H and O–H groups in total. The Kier molecular flexibility index (Phi) is 9.35. The largest absolute Gasteiger partial charge is 0.485 e. The number of likely N-dealkylation sites (N-methyl/N-ethyl adjacent to an activating group) is 1. The van der Waals surface area contributed by atoms with Crippen LogP contribution in [0.25, 0.3) is 16.6 Å². The molecule has 4 fully saturated rings. The molecule has 0 spiro atoms. The van der Waals surface area contributed by atoms with Crippen molar-refractivity contribution in [2.75, 3.05) is 63.1 Å². The molecule has 2 aromatic carbocycles. The van der Waals surface area contributed by atoms with Crippen molar-refractivity contribution in [3.8, 4) is 5.75 Å². The summed E-state index contributed by atoms with van der Waals surface area (Å²) in [5.74, 6) is -1.13. The number of fused-ring (bicyclic) bond motifs is 3. The first-order valence-corrected chi connectivity index (χ1v) is 20.5. The van der Waals surface area contributed by atoms with Crippen LogP contribution in [0, 0.1) is 5.92 Å². The summed E-state index contributed by atoms with van der Waals surface area (Å²) in [7, 11) is 2.05. The highest BCUT2D eigenvalue weighted by molar-refractivity contribution is 6.23. The van der Waals surface area contributed by atoms with Crippen LogP contribution in [-0.2, 0) is 9.59 Å². The molecule has 4 saturated heterocycles. The maximum absolute atomic E-state index is 13.5. The first kappa shape index (κ1) is 37.1. The van der Waals surface area contributed by atoms with Crippen molar-refractivity contribution in [1.82, 2.24) is 44.4 Å². The summed E-state index contributed by atoms with van der Waals surface area (Å²) in [6, 6.07) is 10.3. The number of piperidine rings is 3. The minimum Gasteiger partial charge on any atom is -0.485 e. The molecule has 5 aliphatic rings. The fourth-order valence-corrected chi connectivity index (χ4v) is 9.29. The van der Waals surface area contributed by atoms with Crippen molar-refractivity contribution in [3.05, 3.63) is 77.9 Å². The zero-order valence-electron chi connectivity index (χ0n) is 32.7. The van der Waals surface area contributed by atoms with Gasteiger partial charge in [0.15, 0.2) is 5.65 Å². The molecule has 8 heterocycles. The number of aromatic nitrogens is 5. The average molecular weight is 800 g/mol. The van der Waals surface area contributed by atoms with Crippen molar-refractivity contribution in [2.24, 2.45) is 5.92 Å². The van der Waals surface area contributed by atoms with E-state index >= 15 is 0 Å². The molecule has 17 heteroatoms. The van der Waals surface area contributed by atoms with Crippen LogP contribution in [0.2, 0.25) is 0 Å². The van der Waals surface area contributed by atoms with Crippen LogP contribution in [0.5, 0.6) is 5.75 Å². The number of hydrogen-bond acceptors (Lipinski definition) is 12. The molecule has 0 saturated carbocycles. The van der Waals surface area contributed by atoms with E-state index < -0.39 is 29.7 Å². The average Bonchev–Trinajstić information content (AvgIpc) is 3.92. The quantitative estimate of drug-likeness (QED) is 0.209. The van der Waals surface area contributed by atoms with Crippen molar-refractivity contribution < 1.29 is 28.7 Å². The fraction of sp³-hybridized carbons (Fsp3) is 0.429. The van der Waals surface area contributed by atoms with Crippen LogP contribution in [0.4, 0.5) is 11.4 Å². The molecule has 59 heavy (non-hydrogen) atoms. The van der Waals surface area contributed by atoms with Gasteiger partial charge < -0.3 is 19.9 Å². The van der Waals surface area contributed by atoms with E-state index in [1.54, 1.807) is 35.1 Å². The Hall–Kier alpha value is -6.20. The zero-order chi connectivity index (χ0) is 40.4. The highest BCUT2D eigenvalue weighted by Crippen LogP contribution is 2.36. The van der Waals surface area contributed by atoms with Crippen LogP contribution in [0.1, 0.15) is 75.6 Å². The Morgan fingerprint density at radius 1 is 0.949 bits per heavy atom. The van der Waals surface area contributed by atoms with Gasteiger partial charge in [-0.15, -0.1) is 0 Å². The SMILES string of the molecule is CN1CC(Oc2cc3nn(C4CCN(CC5CCN(c6ccc7c(c6)C(=O)N(C6CCC(=O)NC6=O)C7=O)CC5)CC4)cc3cc2NC(=O)c2cnn3cccnc23)C1. The first-order chi connectivity index (χ1) is 28.6. The maximum atomic E-state index is 13.5. The lowest BCUT2D eigenvalue weighted by Gasteiger charge is -2.38. The number of ether oxygens (including phenoxy) is 1. The lowest BCUT2D eigenvalue weighted by atomic mass is 9.94.